The first-order valence-electron chi connectivity index (χ1n) is 4.21. The highest BCUT2D eigenvalue weighted by Crippen LogP contribution is 2.24. The van der Waals surface area contributed by atoms with E-state index in [9.17, 15) is 10.1 Å². The van der Waals surface area contributed by atoms with Crippen LogP contribution in [0.3, 0.4) is 0 Å². The van der Waals surface area contributed by atoms with E-state index in [2.05, 4.69) is 0 Å². The number of hydrogen-bond donors (Lipinski definition) is 0. The van der Waals surface area contributed by atoms with Crippen LogP contribution in [0.25, 0.3) is 0 Å². The molecule has 1 fully saturated rings. The van der Waals surface area contributed by atoms with E-state index in [0.717, 1.165) is 5.56 Å². The first-order chi connectivity index (χ1) is 6.77. The number of ether oxygens (including phenoxy) is 2. The molecule has 0 amide bonds. The fourth-order valence-electron chi connectivity index (χ4n) is 1.34. The van der Waals surface area contributed by atoms with Crippen molar-refractivity contribution in [2.45, 2.75) is 6.10 Å². The summed E-state index contributed by atoms with van der Waals surface area (Å²) in [5.41, 5.74) is 1.00. The molecule has 5 nitrogen and oxygen atoms in total. The van der Waals surface area contributed by atoms with Gasteiger partial charge in [0.15, 0.2) is 0 Å². The summed E-state index contributed by atoms with van der Waals surface area (Å²) in [5.74, 6) is 0. The lowest BCUT2D eigenvalue weighted by Gasteiger charge is -2.06. The van der Waals surface area contributed by atoms with Gasteiger partial charge in [-0.1, -0.05) is 0 Å². The van der Waals surface area contributed by atoms with Crippen molar-refractivity contribution in [2.24, 2.45) is 0 Å². The van der Waals surface area contributed by atoms with Crippen LogP contribution in [0.15, 0.2) is 24.3 Å². The van der Waals surface area contributed by atoms with Gasteiger partial charge >= 0.3 is 0 Å². The van der Waals surface area contributed by atoms with E-state index in [0.29, 0.717) is 13.4 Å². The minimum absolute atomic E-state index is 0.0872. The fraction of sp³-hybridized carbons (Fsp3) is 0.333. The second kappa shape index (κ2) is 3.73. The summed E-state index contributed by atoms with van der Waals surface area (Å²) in [7, 11) is 0. The van der Waals surface area contributed by atoms with Gasteiger partial charge in [0.2, 0.25) is 0 Å². The fourth-order valence-corrected chi connectivity index (χ4v) is 1.34. The lowest BCUT2D eigenvalue weighted by atomic mass is 10.1. The summed E-state index contributed by atoms with van der Waals surface area (Å²) < 4.78 is 10.3. The topological polar surface area (TPSA) is 61.6 Å². The van der Waals surface area contributed by atoms with E-state index >= 15 is 0 Å². The van der Waals surface area contributed by atoms with Crippen LogP contribution in [0.4, 0.5) is 5.69 Å². The molecule has 14 heavy (non-hydrogen) atoms. The Morgan fingerprint density at radius 3 is 2.57 bits per heavy atom. The van der Waals surface area contributed by atoms with Gasteiger partial charge in [-0.05, 0) is 17.7 Å². The van der Waals surface area contributed by atoms with Crippen LogP contribution in [-0.4, -0.2) is 18.3 Å². The highest BCUT2D eigenvalue weighted by atomic mass is 16.7. The smallest absolute Gasteiger partial charge is 0.269 e. The SMILES string of the molecule is O=[N+]([O-])c1ccc(C2COCO2)cc1. The van der Waals surface area contributed by atoms with Gasteiger partial charge in [-0.15, -0.1) is 0 Å². The van der Waals surface area contributed by atoms with E-state index in [1.54, 1.807) is 12.1 Å². The van der Waals surface area contributed by atoms with Gasteiger partial charge in [0.1, 0.15) is 12.9 Å². The minimum atomic E-state index is -0.421. The summed E-state index contributed by atoms with van der Waals surface area (Å²) in [4.78, 5) is 9.96. The lowest BCUT2D eigenvalue weighted by Crippen LogP contribution is -1.99. The van der Waals surface area contributed by atoms with E-state index in [1.165, 1.54) is 12.1 Å². The molecule has 0 aromatic heterocycles. The molecule has 5 heteroatoms. The van der Waals surface area contributed by atoms with Crippen LogP contribution in [0.5, 0.6) is 0 Å². The van der Waals surface area contributed by atoms with E-state index < -0.39 is 4.92 Å². The first-order valence-corrected chi connectivity index (χ1v) is 4.21. The van der Waals surface area contributed by atoms with Crippen LogP contribution in [-0.2, 0) is 9.47 Å². The van der Waals surface area contributed by atoms with Gasteiger partial charge in [-0.2, -0.15) is 0 Å². The van der Waals surface area contributed by atoms with Crippen molar-refractivity contribution in [3.05, 3.63) is 39.9 Å². The number of nitrogens with zero attached hydrogens (tertiary/aromatic N) is 1. The zero-order valence-corrected chi connectivity index (χ0v) is 7.38. The quantitative estimate of drug-likeness (QED) is 0.531. The van der Waals surface area contributed by atoms with Crippen molar-refractivity contribution >= 4 is 5.69 Å². The Labute approximate surface area is 80.4 Å². The molecule has 1 aliphatic heterocycles. The van der Waals surface area contributed by atoms with E-state index in [1.807, 2.05) is 0 Å². The Bertz CT molecular complexity index is 329. The van der Waals surface area contributed by atoms with Gasteiger partial charge in [0, 0.05) is 12.1 Å². The molecule has 0 aliphatic carbocycles. The molecule has 1 atom stereocenters. The third-order valence-electron chi connectivity index (χ3n) is 2.10. The average Bonchev–Trinajstić information content (AvgIpc) is 2.71. The Morgan fingerprint density at radius 2 is 2.07 bits per heavy atom. The number of benzene rings is 1. The molecular weight excluding hydrogens is 186 g/mol. The Balaban J connectivity index is 2.16. The molecule has 1 aromatic carbocycles. The molecule has 0 saturated carbocycles. The van der Waals surface area contributed by atoms with Crippen molar-refractivity contribution in [3.63, 3.8) is 0 Å². The summed E-state index contributed by atoms with van der Waals surface area (Å²) >= 11 is 0. The van der Waals surface area contributed by atoms with Crippen molar-refractivity contribution in [1.29, 1.82) is 0 Å². The van der Waals surface area contributed by atoms with Crippen molar-refractivity contribution < 1.29 is 14.4 Å². The molecule has 0 radical (unpaired) electrons. The maximum atomic E-state index is 10.4. The number of nitro benzene ring substituents is 1. The van der Waals surface area contributed by atoms with E-state index in [-0.39, 0.29) is 11.8 Å². The second-order valence-corrected chi connectivity index (χ2v) is 2.99. The summed E-state index contributed by atoms with van der Waals surface area (Å²) in [5, 5.41) is 10.4. The highest BCUT2D eigenvalue weighted by molar-refractivity contribution is 5.33. The third kappa shape index (κ3) is 1.73. The van der Waals surface area contributed by atoms with Crippen LogP contribution in [0.1, 0.15) is 11.7 Å². The van der Waals surface area contributed by atoms with Crippen LogP contribution < -0.4 is 0 Å². The largest absolute Gasteiger partial charge is 0.352 e. The molecule has 2 rings (SSSR count). The maximum absolute atomic E-state index is 10.4. The predicted molar refractivity (Wildman–Crippen MR) is 47.7 cm³/mol. The van der Waals surface area contributed by atoms with Crippen LogP contribution in [0, 0.1) is 10.1 Å². The van der Waals surface area contributed by atoms with E-state index in [4.69, 9.17) is 9.47 Å². The summed E-state index contributed by atoms with van der Waals surface area (Å²) in [6.07, 6.45) is -0.0872. The van der Waals surface area contributed by atoms with Gasteiger partial charge < -0.3 is 9.47 Å². The van der Waals surface area contributed by atoms with Crippen molar-refractivity contribution in [1.82, 2.24) is 0 Å². The maximum Gasteiger partial charge on any atom is 0.269 e. The third-order valence-corrected chi connectivity index (χ3v) is 2.10. The minimum Gasteiger partial charge on any atom is -0.352 e. The molecule has 0 N–H and O–H groups in total. The predicted octanol–water partition coefficient (Wildman–Crippen LogP) is 1.64. The molecule has 1 aliphatic rings. The van der Waals surface area contributed by atoms with Gasteiger partial charge in [0.05, 0.1) is 11.5 Å². The Kier molecular flexibility index (Phi) is 2.43. The second-order valence-electron chi connectivity index (χ2n) is 2.99. The monoisotopic (exact) mass is 195 g/mol. The molecule has 0 bridgehead atoms. The Hall–Kier alpha value is -1.46. The van der Waals surface area contributed by atoms with Crippen molar-refractivity contribution in [2.75, 3.05) is 13.4 Å². The summed E-state index contributed by atoms with van der Waals surface area (Å²) in [6.45, 7) is 0.805. The van der Waals surface area contributed by atoms with Gasteiger partial charge in [0.25, 0.3) is 5.69 Å². The molecule has 1 unspecified atom stereocenters. The average molecular weight is 195 g/mol. The normalized spacial score (nSPS) is 21.0. The van der Waals surface area contributed by atoms with Crippen LogP contribution >= 0.6 is 0 Å². The van der Waals surface area contributed by atoms with Gasteiger partial charge in [-0.3, -0.25) is 10.1 Å². The molecule has 1 heterocycles. The van der Waals surface area contributed by atoms with Gasteiger partial charge in [-0.25, -0.2) is 0 Å². The van der Waals surface area contributed by atoms with Crippen molar-refractivity contribution in [3.8, 4) is 0 Å². The molecule has 1 saturated heterocycles. The lowest BCUT2D eigenvalue weighted by molar-refractivity contribution is -0.384. The molecular formula is C9H9NO4. The van der Waals surface area contributed by atoms with Crippen LogP contribution in [0.2, 0.25) is 0 Å². The number of nitro groups is 1. The zero-order chi connectivity index (χ0) is 9.97. The number of rotatable bonds is 2. The standard InChI is InChI=1S/C9H9NO4/c11-10(12)8-3-1-7(2-4-8)9-5-13-6-14-9/h1-4,9H,5-6H2. The molecule has 0 spiro atoms. The summed E-state index contributed by atoms with van der Waals surface area (Å²) in [6, 6.07) is 6.32. The Morgan fingerprint density at radius 1 is 1.36 bits per heavy atom. The number of non-ortho nitro benzene ring substituents is 1. The molecule has 1 aromatic rings. The first kappa shape index (κ1) is 9.11. The highest BCUT2D eigenvalue weighted by Gasteiger charge is 2.18. The number of hydrogen-bond acceptors (Lipinski definition) is 4. The molecule has 74 valence electrons. The zero-order valence-electron chi connectivity index (χ0n) is 7.38.